The number of anilines is 1. The van der Waals surface area contributed by atoms with E-state index in [-0.39, 0.29) is 6.54 Å². The maximum atomic E-state index is 10.8. The molecule has 2 rings (SSSR count). The molecule has 0 spiro atoms. The van der Waals surface area contributed by atoms with Crippen molar-refractivity contribution in [3.05, 3.63) is 18.2 Å². The molecule has 0 fully saturated rings. The lowest BCUT2D eigenvalue weighted by molar-refractivity contribution is -0.135. The van der Waals surface area contributed by atoms with E-state index in [1.54, 1.807) is 18.9 Å². The van der Waals surface area contributed by atoms with Gasteiger partial charge in [0.2, 0.25) is 0 Å². The molecule has 0 unspecified atom stereocenters. The molecule has 4 nitrogen and oxygen atoms in total. The zero-order valence-corrected chi connectivity index (χ0v) is 9.79. The quantitative estimate of drug-likeness (QED) is 0.870. The first-order valence-electron chi connectivity index (χ1n) is 4.98. The van der Waals surface area contributed by atoms with Gasteiger partial charge in [0.05, 0.1) is 12.8 Å². The van der Waals surface area contributed by atoms with Crippen LogP contribution in [-0.4, -0.2) is 37.0 Å². The number of aliphatic carboxylic acids is 1. The van der Waals surface area contributed by atoms with Crippen LogP contribution in [0.3, 0.4) is 0 Å². The highest BCUT2D eigenvalue weighted by Crippen LogP contribution is 2.36. The minimum atomic E-state index is -0.805. The molecule has 1 aliphatic rings. The third-order valence-electron chi connectivity index (χ3n) is 2.45. The van der Waals surface area contributed by atoms with Crippen molar-refractivity contribution in [2.45, 2.75) is 4.90 Å². The van der Waals surface area contributed by atoms with Crippen LogP contribution in [0.1, 0.15) is 0 Å². The lowest BCUT2D eigenvalue weighted by atomic mass is 10.2. The zero-order chi connectivity index (χ0) is 11.5. The number of rotatable bonds is 3. The molecule has 1 aromatic rings. The van der Waals surface area contributed by atoms with Crippen LogP contribution in [-0.2, 0) is 4.79 Å². The lowest BCUT2D eigenvalue weighted by Crippen LogP contribution is -2.34. The smallest absolute Gasteiger partial charge is 0.323 e. The highest BCUT2D eigenvalue weighted by Gasteiger charge is 2.19. The number of methoxy groups -OCH3 is 1. The highest BCUT2D eigenvalue weighted by atomic mass is 32.2. The van der Waals surface area contributed by atoms with Crippen molar-refractivity contribution in [1.82, 2.24) is 0 Å². The number of fused-ring (bicyclic) bond motifs is 1. The van der Waals surface area contributed by atoms with Gasteiger partial charge in [-0.3, -0.25) is 4.79 Å². The fourth-order valence-electron chi connectivity index (χ4n) is 1.71. The van der Waals surface area contributed by atoms with E-state index in [0.29, 0.717) is 0 Å². The Kier molecular flexibility index (Phi) is 3.24. The van der Waals surface area contributed by atoms with Gasteiger partial charge in [0.15, 0.2) is 0 Å². The van der Waals surface area contributed by atoms with E-state index in [0.717, 1.165) is 28.6 Å². The van der Waals surface area contributed by atoms with Crippen molar-refractivity contribution in [2.24, 2.45) is 0 Å². The average molecular weight is 239 g/mol. The topological polar surface area (TPSA) is 49.8 Å². The molecule has 0 bridgehead atoms. The molecular formula is C11H13NO3S. The normalized spacial score (nSPS) is 14.4. The number of benzene rings is 1. The number of ether oxygens (including phenoxy) is 1. The van der Waals surface area contributed by atoms with Crippen LogP contribution in [0, 0.1) is 0 Å². The minimum Gasteiger partial charge on any atom is -0.497 e. The molecule has 1 aliphatic heterocycles. The predicted octanol–water partition coefficient (Wildman–Crippen LogP) is 1.69. The number of hydrogen-bond acceptors (Lipinski definition) is 4. The number of carbonyl (C=O) groups is 1. The van der Waals surface area contributed by atoms with E-state index in [1.807, 2.05) is 23.1 Å². The Morgan fingerprint density at radius 2 is 2.44 bits per heavy atom. The Balaban J connectivity index is 2.31. The van der Waals surface area contributed by atoms with Crippen molar-refractivity contribution >= 4 is 23.4 Å². The number of carboxylic acid groups (broad SMARTS) is 1. The van der Waals surface area contributed by atoms with E-state index in [9.17, 15) is 4.79 Å². The van der Waals surface area contributed by atoms with Crippen molar-refractivity contribution in [2.75, 3.05) is 30.9 Å². The summed E-state index contributed by atoms with van der Waals surface area (Å²) in [6.07, 6.45) is 0. The highest BCUT2D eigenvalue weighted by molar-refractivity contribution is 7.99. The average Bonchev–Trinajstić information content (AvgIpc) is 2.28. The fourth-order valence-corrected chi connectivity index (χ4v) is 2.74. The van der Waals surface area contributed by atoms with E-state index in [1.165, 1.54) is 0 Å². The van der Waals surface area contributed by atoms with E-state index < -0.39 is 5.97 Å². The summed E-state index contributed by atoms with van der Waals surface area (Å²) in [5.41, 5.74) is 0.956. The van der Waals surface area contributed by atoms with Gasteiger partial charge in [-0.05, 0) is 12.1 Å². The third-order valence-corrected chi connectivity index (χ3v) is 3.49. The summed E-state index contributed by atoms with van der Waals surface area (Å²) in [7, 11) is 1.61. The molecule has 0 saturated carbocycles. The van der Waals surface area contributed by atoms with Crippen molar-refractivity contribution in [1.29, 1.82) is 0 Å². The number of hydrogen-bond donors (Lipinski definition) is 1. The van der Waals surface area contributed by atoms with Crippen LogP contribution >= 0.6 is 11.8 Å². The molecule has 0 radical (unpaired) electrons. The van der Waals surface area contributed by atoms with Crippen LogP contribution in [0.4, 0.5) is 5.69 Å². The van der Waals surface area contributed by atoms with Crippen LogP contribution in [0.25, 0.3) is 0 Å². The Labute approximate surface area is 98.2 Å². The van der Waals surface area contributed by atoms with Crippen LogP contribution in [0.5, 0.6) is 5.75 Å². The summed E-state index contributed by atoms with van der Waals surface area (Å²) in [6, 6.07) is 5.77. The van der Waals surface area contributed by atoms with Crippen molar-refractivity contribution in [3.8, 4) is 5.75 Å². The Morgan fingerprint density at radius 1 is 1.62 bits per heavy atom. The second-order valence-corrected chi connectivity index (χ2v) is 4.63. The second kappa shape index (κ2) is 4.65. The number of nitrogens with zero attached hydrogens (tertiary/aromatic N) is 1. The summed E-state index contributed by atoms with van der Waals surface area (Å²) < 4.78 is 5.15. The summed E-state index contributed by atoms with van der Waals surface area (Å²) in [5.74, 6) is 0.879. The van der Waals surface area contributed by atoms with Crippen molar-refractivity contribution < 1.29 is 14.6 Å². The second-order valence-electron chi connectivity index (χ2n) is 3.50. The first kappa shape index (κ1) is 11.1. The summed E-state index contributed by atoms with van der Waals surface area (Å²) in [6.45, 7) is 0.803. The molecule has 0 atom stereocenters. The van der Waals surface area contributed by atoms with E-state index >= 15 is 0 Å². The van der Waals surface area contributed by atoms with Crippen molar-refractivity contribution in [3.63, 3.8) is 0 Å². The Bertz CT molecular complexity index is 408. The number of thioether (sulfide) groups is 1. The van der Waals surface area contributed by atoms with Crippen LogP contribution < -0.4 is 9.64 Å². The van der Waals surface area contributed by atoms with E-state index in [2.05, 4.69) is 0 Å². The monoisotopic (exact) mass is 239 g/mol. The van der Waals surface area contributed by atoms with Gasteiger partial charge in [-0.1, -0.05) is 0 Å². The SMILES string of the molecule is COc1ccc2c(c1)N(CC(=O)O)CCS2. The number of carboxylic acids is 1. The Morgan fingerprint density at radius 3 is 3.12 bits per heavy atom. The molecule has 1 aromatic carbocycles. The first-order valence-corrected chi connectivity index (χ1v) is 5.97. The molecule has 0 saturated heterocycles. The van der Waals surface area contributed by atoms with Crippen LogP contribution in [0.15, 0.2) is 23.1 Å². The third kappa shape index (κ3) is 2.24. The molecule has 5 heteroatoms. The van der Waals surface area contributed by atoms with Gasteiger partial charge in [0.1, 0.15) is 12.3 Å². The summed E-state index contributed by atoms with van der Waals surface area (Å²) in [5, 5.41) is 8.84. The molecule has 1 N–H and O–H groups in total. The summed E-state index contributed by atoms with van der Waals surface area (Å²) in [4.78, 5) is 13.7. The molecule has 86 valence electrons. The summed E-state index contributed by atoms with van der Waals surface area (Å²) >= 11 is 1.75. The largest absolute Gasteiger partial charge is 0.497 e. The van der Waals surface area contributed by atoms with Gasteiger partial charge in [-0.25, -0.2) is 0 Å². The maximum absolute atomic E-state index is 10.8. The molecule has 1 heterocycles. The molecular weight excluding hydrogens is 226 g/mol. The van der Waals surface area contributed by atoms with E-state index in [4.69, 9.17) is 9.84 Å². The Hall–Kier alpha value is -1.36. The van der Waals surface area contributed by atoms with Gasteiger partial charge in [0, 0.05) is 23.3 Å². The predicted molar refractivity (Wildman–Crippen MR) is 63.6 cm³/mol. The zero-order valence-electron chi connectivity index (χ0n) is 8.97. The maximum Gasteiger partial charge on any atom is 0.323 e. The van der Waals surface area contributed by atoms with Gasteiger partial charge >= 0.3 is 5.97 Å². The van der Waals surface area contributed by atoms with Gasteiger partial charge in [-0.15, -0.1) is 11.8 Å². The minimum absolute atomic E-state index is 0.0424. The molecule has 16 heavy (non-hydrogen) atoms. The molecule has 0 aliphatic carbocycles. The van der Waals surface area contributed by atoms with Crippen LogP contribution in [0.2, 0.25) is 0 Å². The standard InChI is InChI=1S/C11H13NO3S/c1-15-8-2-3-10-9(6-8)12(4-5-16-10)7-11(13)14/h2-3,6H,4-5,7H2,1H3,(H,13,14). The fraction of sp³-hybridized carbons (Fsp3) is 0.364. The van der Waals surface area contributed by atoms with Gasteiger partial charge in [0.25, 0.3) is 0 Å². The molecule has 0 aromatic heterocycles. The van der Waals surface area contributed by atoms with Gasteiger partial charge in [-0.2, -0.15) is 0 Å². The first-order chi connectivity index (χ1) is 7.70. The van der Waals surface area contributed by atoms with Gasteiger partial charge < -0.3 is 14.7 Å². The lowest BCUT2D eigenvalue weighted by Gasteiger charge is -2.29. The molecule has 0 amide bonds.